The lowest BCUT2D eigenvalue weighted by atomic mass is 9.89. The molecule has 1 aromatic rings. The van der Waals surface area contributed by atoms with Crippen molar-refractivity contribution in [1.29, 1.82) is 0 Å². The van der Waals surface area contributed by atoms with Gasteiger partial charge in [0.1, 0.15) is 0 Å². The summed E-state index contributed by atoms with van der Waals surface area (Å²) in [6, 6.07) is 10.6. The molecule has 0 radical (unpaired) electrons. The van der Waals surface area contributed by atoms with Gasteiger partial charge in [-0.15, -0.1) is 0 Å². The van der Waals surface area contributed by atoms with Gasteiger partial charge in [-0.25, -0.2) is 0 Å². The molecule has 2 heterocycles. The zero-order valence-electron chi connectivity index (χ0n) is 15.1. The van der Waals surface area contributed by atoms with Crippen molar-refractivity contribution in [3.8, 4) is 0 Å². The van der Waals surface area contributed by atoms with Crippen molar-refractivity contribution in [1.82, 2.24) is 10.2 Å². The highest BCUT2D eigenvalue weighted by Crippen LogP contribution is 2.33. The van der Waals surface area contributed by atoms with E-state index in [0.29, 0.717) is 5.92 Å². The van der Waals surface area contributed by atoms with Crippen molar-refractivity contribution in [3.63, 3.8) is 0 Å². The minimum Gasteiger partial charge on any atom is -0.373 e. The first-order valence-corrected chi connectivity index (χ1v) is 9.40. The number of benzene rings is 1. The Morgan fingerprint density at radius 1 is 1.21 bits per heavy atom. The van der Waals surface area contributed by atoms with Crippen LogP contribution in [-0.4, -0.2) is 44.1 Å². The van der Waals surface area contributed by atoms with Crippen molar-refractivity contribution >= 4 is 5.96 Å². The lowest BCUT2D eigenvalue weighted by molar-refractivity contribution is -0.0267. The van der Waals surface area contributed by atoms with Gasteiger partial charge in [-0.1, -0.05) is 37.3 Å². The summed E-state index contributed by atoms with van der Waals surface area (Å²) in [4.78, 5) is 6.91. The van der Waals surface area contributed by atoms with Crippen molar-refractivity contribution in [2.75, 3.05) is 33.3 Å². The summed E-state index contributed by atoms with van der Waals surface area (Å²) in [5.74, 6) is 2.40. The average molecular weight is 329 g/mol. The Balaban J connectivity index is 1.59. The van der Waals surface area contributed by atoms with Gasteiger partial charge in [0.2, 0.25) is 0 Å². The van der Waals surface area contributed by atoms with Crippen LogP contribution in [-0.2, 0) is 4.74 Å². The Kier molecular flexibility index (Phi) is 6.13. The second-order valence-corrected chi connectivity index (χ2v) is 7.20. The van der Waals surface area contributed by atoms with E-state index in [-0.39, 0.29) is 6.10 Å². The molecule has 2 fully saturated rings. The van der Waals surface area contributed by atoms with Crippen LogP contribution in [0.2, 0.25) is 0 Å². The number of hydrogen-bond acceptors (Lipinski definition) is 2. The van der Waals surface area contributed by atoms with E-state index in [1.165, 1.54) is 24.8 Å². The molecule has 1 aromatic carbocycles. The lowest BCUT2D eigenvalue weighted by Crippen LogP contribution is -2.47. The first-order valence-electron chi connectivity index (χ1n) is 9.40. The summed E-state index contributed by atoms with van der Waals surface area (Å²) in [6.07, 6.45) is 5.09. The van der Waals surface area contributed by atoms with Crippen LogP contribution in [0.3, 0.4) is 0 Å². The Labute approximate surface area is 146 Å². The van der Waals surface area contributed by atoms with Crippen LogP contribution in [0.15, 0.2) is 35.3 Å². The van der Waals surface area contributed by atoms with Crippen LogP contribution in [0.25, 0.3) is 0 Å². The Bertz CT molecular complexity index is 523. The van der Waals surface area contributed by atoms with Gasteiger partial charge in [0.15, 0.2) is 5.96 Å². The van der Waals surface area contributed by atoms with Gasteiger partial charge in [0, 0.05) is 39.2 Å². The van der Waals surface area contributed by atoms with Crippen molar-refractivity contribution in [2.45, 2.75) is 38.7 Å². The maximum absolute atomic E-state index is 6.11. The fourth-order valence-electron chi connectivity index (χ4n) is 3.84. The largest absolute Gasteiger partial charge is 0.373 e. The summed E-state index contributed by atoms with van der Waals surface area (Å²) >= 11 is 0. The first kappa shape index (κ1) is 17.3. The minimum atomic E-state index is 0.201. The second kappa shape index (κ2) is 8.52. The van der Waals surface area contributed by atoms with Crippen molar-refractivity contribution in [2.24, 2.45) is 16.8 Å². The number of likely N-dealkylation sites (tertiary alicyclic amines) is 1. The number of guanidine groups is 1. The molecule has 0 aromatic heterocycles. The highest BCUT2D eigenvalue weighted by Gasteiger charge is 2.28. The van der Waals surface area contributed by atoms with Crippen LogP contribution < -0.4 is 5.32 Å². The quantitative estimate of drug-likeness (QED) is 0.681. The molecule has 24 heavy (non-hydrogen) atoms. The van der Waals surface area contributed by atoms with Gasteiger partial charge in [0.05, 0.1) is 6.10 Å². The standard InChI is InChI=1S/C20H31N3O/c1-16-10-12-23(13-11-16)20(21-2)22-15-18-9-6-14-24-19(18)17-7-4-3-5-8-17/h3-5,7-8,16,18-19H,6,9-15H2,1-2H3,(H,21,22). The first-order chi connectivity index (χ1) is 11.8. The third-order valence-corrected chi connectivity index (χ3v) is 5.39. The number of ether oxygens (including phenoxy) is 1. The molecule has 2 aliphatic heterocycles. The van der Waals surface area contributed by atoms with Crippen LogP contribution >= 0.6 is 0 Å². The number of nitrogens with one attached hydrogen (secondary N) is 1. The van der Waals surface area contributed by atoms with E-state index >= 15 is 0 Å². The molecule has 2 saturated heterocycles. The third-order valence-electron chi connectivity index (χ3n) is 5.39. The Hall–Kier alpha value is -1.55. The molecule has 0 bridgehead atoms. The summed E-state index contributed by atoms with van der Waals surface area (Å²) < 4.78 is 6.11. The maximum atomic E-state index is 6.11. The lowest BCUT2D eigenvalue weighted by Gasteiger charge is -2.36. The van der Waals surface area contributed by atoms with Crippen molar-refractivity contribution < 1.29 is 4.74 Å². The highest BCUT2D eigenvalue weighted by molar-refractivity contribution is 5.79. The molecule has 132 valence electrons. The van der Waals surface area contributed by atoms with E-state index in [4.69, 9.17) is 4.74 Å². The van der Waals surface area contributed by atoms with E-state index in [1.807, 2.05) is 7.05 Å². The number of piperidine rings is 1. The van der Waals surface area contributed by atoms with E-state index in [2.05, 4.69) is 52.5 Å². The predicted octanol–water partition coefficient (Wildman–Crippen LogP) is 3.46. The minimum absolute atomic E-state index is 0.201. The van der Waals surface area contributed by atoms with Gasteiger partial charge < -0.3 is 15.0 Å². The Morgan fingerprint density at radius 3 is 2.67 bits per heavy atom. The maximum Gasteiger partial charge on any atom is 0.193 e. The number of hydrogen-bond donors (Lipinski definition) is 1. The molecule has 3 rings (SSSR count). The number of nitrogens with zero attached hydrogens (tertiary/aromatic N) is 2. The predicted molar refractivity (Wildman–Crippen MR) is 99.2 cm³/mol. The fourth-order valence-corrected chi connectivity index (χ4v) is 3.84. The summed E-state index contributed by atoms with van der Waals surface area (Å²) in [6.45, 7) is 6.37. The topological polar surface area (TPSA) is 36.9 Å². The molecule has 0 spiro atoms. The highest BCUT2D eigenvalue weighted by atomic mass is 16.5. The summed E-state index contributed by atoms with van der Waals surface area (Å²) in [5.41, 5.74) is 1.30. The summed E-state index contributed by atoms with van der Waals surface area (Å²) in [7, 11) is 1.90. The second-order valence-electron chi connectivity index (χ2n) is 7.20. The molecular weight excluding hydrogens is 298 g/mol. The smallest absolute Gasteiger partial charge is 0.193 e. The Morgan fingerprint density at radius 2 is 1.96 bits per heavy atom. The van der Waals surface area contributed by atoms with E-state index in [0.717, 1.165) is 44.5 Å². The van der Waals surface area contributed by atoms with Crippen LogP contribution in [0.4, 0.5) is 0 Å². The molecule has 1 N–H and O–H groups in total. The van der Waals surface area contributed by atoms with Gasteiger partial charge in [0.25, 0.3) is 0 Å². The van der Waals surface area contributed by atoms with E-state index in [1.54, 1.807) is 0 Å². The molecule has 4 heteroatoms. The summed E-state index contributed by atoms with van der Waals surface area (Å²) in [5, 5.41) is 3.62. The van der Waals surface area contributed by atoms with Crippen molar-refractivity contribution in [3.05, 3.63) is 35.9 Å². The zero-order chi connectivity index (χ0) is 16.8. The van der Waals surface area contributed by atoms with Crippen LogP contribution in [0.5, 0.6) is 0 Å². The molecule has 0 aliphatic carbocycles. The fraction of sp³-hybridized carbons (Fsp3) is 0.650. The van der Waals surface area contributed by atoms with Gasteiger partial charge in [-0.05, 0) is 37.2 Å². The average Bonchev–Trinajstić information content (AvgIpc) is 2.64. The van der Waals surface area contributed by atoms with Crippen LogP contribution in [0.1, 0.15) is 44.3 Å². The number of rotatable bonds is 3. The molecule has 2 aliphatic rings. The molecule has 2 unspecified atom stereocenters. The third kappa shape index (κ3) is 4.29. The molecule has 2 atom stereocenters. The number of aliphatic imine (C=N–C) groups is 1. The molecule has 0 amide bonds. The normalized spacial score (nSPS) is 26.4. The molecule has 0 saturated carbocycles. The van der Waals surface area contributed by atoms with Gasteiger partial charge in [-0.3, -0.25) is 4.99 Å². The van der Waals surface area contributed by atoms with Gasteiger partial charge in [-0.2, -0.15) is 0 Å². The van der Waals surface area contributed by atoms with E-state index < -0.39 is 0 Å². The van der Waals surface area contributed by atoms with E-state index in [9.17, 15) is 0 Å². The monoisotopic (exact) mass is 329 g/mol. The van der Waals surface area contributed by atoms with Gasteiger partial charge >= 0.3 is 0 Å². The molecule has 4 nitrogen and oxygen atoms in total. The SMILES string of the molecule is CN=C(NCC1CCCOC1c1ccccc1)N1CCC(C)CC1. The van der Waals surface area contributed by atoms with Crippen LogP contribution in [0, 0.1) is 11.8 Å². The zero-order valence-corrected chi connectivity index (χ0v) is 15.1. The molecular formula is C20H31N3O.